The Morgan fingerprint density at radius 1 is 0.918 bits per heavy atom. The molecule has 6 aliphatic rings. The first kappa shape index (κ1) is 35.7. The Bertz CT molecular complexity index is 1490. The van der Waals surface area contributed by atoms with Crippen LogP contribution in [0.15, 0.2) is 42.5 Å². The lowest BCUT2D eigenvalue weighted by Gasteiger charge is -2.72. The van der Waals surface area contributed by atoms with Crippen molar-refractivity contribution in [2.45, 2.75) is 105 Å². The van der Waals surface area contributed by atoms with Crippen molar-refractivity contribution < 1.29 is 19.0 Å². The zero-order valence-electron chi connectivity index (χ0n) is 31.2. The summed E-state index contributed by atoms with van der Waals surface area (Å²) in [6.07, 6.45) is 13.9. The molecular weight excluding hydrogens is 629 g/mol. The Balaban J connectivity index is 1.14. The van der Waals surface area contributed by atoms with Crippen LogP contribution in [-0.4, -0.2) is 68.3 Å². The lowest BCUT2D eigenvalue weighted by atomic mass is 9.33. The fraction of sp³-hybridized carbons (Fsp3) is 0.738. The molecule has 0 radical (unpaired) electrons. The molecule has 1 aliphatic heterocycles. The number of nitrogens with one attached hydrogen (secondary N) is 1. The van der Waals surface area contributed by atoms with E-state index in [1.807, 2.05) is 12.1 Å². The number of benzene rings is 1. The maximum Gasteiger partial charge on any atom is 0.335 e. The second-order valence-corrected chi connectivity index (χ2v) is 21.2. The minimum Gasteiger partial charge on any atom is -0.478 e. The van der Waals surface area contributed by atoms with Gasteiger partial charge in [-0.3, -0.25) is 14.0 Å². The van der Waals surface area contributed by atoms with Crippen molar-refractivity contribution in [2.75, 3.05) is 37.7 Å². The van der Waals surface area contributed by atoms with Crippen LogP contribution in [-0.2, 0) is 0 Å². The quantitative estimate of drug-likeness (QED) is 0.213. The Labute approximate surface area is 297 Å². The first-order valence-electron chi connectivity index (χ1n) is 19.4. The van der Waals surface area contributed by atoms with Crippen LogP contribution in [0.4, 0.5) is 0 Å². The second kappa shape index (κ2) is 12.2. The summed E-state index contributed by atoms with van der Waals surface area (Å²) >= 11 is 0. The van der Waals surface area contributed by atoms with Crippen molar-refractivity contribution in [2.24, 2.45) is 51.2 Å². The maximum absolute atomic E-state index is 11.6. The molecule has 272 valence electrons. The van der Waals surface area contributed by atoms with E-state index in [2.05, 4.69) is 64.4 Å². The Morgan fingerprint density at radius 3 is 2.27 bits per heavy atom. The minimum absolute atomic E-state index is 0.0183. The molecule has 49 heavy (non-hydrogen) atoms. The molecule has 0 bridgehead atoms. The van der Waals surface area contributed by atoms with Gasteiger partial charge in [0, 0.05) is 31.7 Å². The van der Waals surface area contributed by atoms with Crippen molar-refractivity contribution in [1.82, 2.24) is 10.2 Å². The standard InChI is InChI=1S/C42H64N2O4S/c1-28(2)31-14-19-42(43-22-23-44-24-26-49(47,48)27-25-44)21-20-40(6)33(36(31)42)12-13-35-39(5)17-15-32(29-8-10-30(11-9-29)37(45)46)38(3,4)34(39)16-18-41(35,40)7/h8-11,15,31,33-36,43,47-48H,1,12-14,16-27H2,2-7H3,(H,45,46)/t31-,33+,34-,35+,36+,39-,40+,41+,42-/m0/s1. The van der Waals surface area contributed by atoms with Gasteiger partial charge >= 0.3 is 5.97 Å². The van der Waals surface area contributed by atoms with Gasteiger partial charge in [0.1, 0.15) is 0 Å². The highest BCUT2D eigenvalue weighted by Gasteiger charge is 2.70. The Morgan fingerprint density at radius 2 is 1.61 bits per heavy atom. The van der Waals surface area contributed by atoms with Crippen LogP contribution in [0.1, 0.15) is 115 Å². The van der Waals surface area contributed by atoms with Gasteiger partial charge in [0.25, 0.3) is 0 Å². The highest BCUT2D eigenvalue weighted by atomic mass is 32.3. The van der Waals surface area contributed by atoms with E-state index < -0.39 is 16.6 Å². The third-order valence-corrected chi connectivity index (χ3v) is 18.1. The van der Waals surface area contributed by atoms with Gasteiger partial charge in [0.15, 0.2) is 0 Å². The van der Waals surface area contributed by atoms with E-state index in [1.54, 1.807) is 12.1 Å². The molecule has 4 N–H and O–H groups in total. The number of fused-ring (bicyclic) bond motifs is 7. The predicted octanol–water partition coefficient (Wildman–Crippen LogP) is 9.44. The van der Waals surface area contributed by atoms with E-state index in [0.29, 0.717) is 52.1 Å². The zero-order valence-corrected chi connectivity index (χ0v) is 32.0. The van der Waals surface area contributed by atoms with Crippen molar-refractivity contribution in [3.05, 3.63) is 53.6 Å². The summed E-state index contributed by atoms with van der Waals surface area (Å²) in [5.74, 6) is 3.35. The molecule has 1 aromatic carbocycles. The maximum atomic E-state index is 11.6. The number of nitrogens with zero attached hydrogens (tertiary/aromatic N) is 1. The molecule has 0 amide bonds. The molecule has 0 unspecified atom stereocenters. The first-order valence-corrected chi connectivity index (χ1v) is 21.3. The molecule has 1 saturated heterocycles. The molecule has 4 saturated carbocycles. The fourth-order valence-corrected chi connectivity index (χ4v) is 15.1. The van der Waals surface area contributed by atoms with Gasteiger partial charge in [0.2, 0.25) is 0 Å². The minimum atomic E-state index is -2.36. The first-order chi connectivity index (χ1) is 23.0. The van der Waals surface area contributed by atoms with Gasteiger partial charge in [-0.15, -0.1) is 0 Å². The number of carboxylic acid groups (broad SMARTS) is 1. The van der Waals surface area contributed by atoms with Crippen molar-refractivity contribution in [3.63, 3.8) is 0 Å². The van der Waals surface area contributed by atoms with E-state index >= 15 is 0 Å². The predicted molar refractivity (Wildman–Crippen MR) is 203 cm³/mol. The molecule has 7 rings (SSSR count). The van der Waals surface area contributed by atoms with Crippen molar-refractivity contribution in [3.8, 4) is 0 Å². The summed E-state index contributed by atoms with van der Waals surface area (Å²) in [4.78, 5) is 14.0. The van der Waals surface area contributed by atoms with Crippen LogP contribution in [0.5, 0.6) is 0 Å². The molecule has 0 aromatic heterocycles. The lowest BCUT2D eigenvalue weighted by molar-refractivity contribution is -0.219. The van der Waals surface area contributed by atoms with Crippen molar-refractivity contribution >= 4 is 22.1 Å². The molecule has 6 nitrogen and oxygen atoms in total. The molecule has 9 atom stereocenters. The zero-order chi connectivity index (χ0) is 35.2. The Kier molecular flexibility index (Phi) is 8.91. The highest BCUT2D eigenvalue weighted by Crippen LogP contribution is 2.76. The SMILES string of the molecule is C=C(C)[C@@H]1CC[C@]2(NCCN3CCS(O)(O)CC3)CC[C@]3(C)[C@H](CC[C@@H]4[C@@]5(C)CC=C(c6ccc(C(=O)O)cc6)C(C)(C)[C@@H]5CC[C@]43C)[C@@H]12. The van der Waals surface area contributed by atoms with E-state index in [1.165, 1.54) is 68.1 Å². The van der Waals surface area contributed by atoms with Gasteiger partial charge < -0.3 is 10.4 Å². The molecule has 0 spiro atoms. The number of allylic oxidation sites excluding steroid dienone is 3. The third-order valence-electron chi connectivity index (χ3n) is 16.5. The second-order valence-electron chi connectivity index (χ2n) is 18.7. The van der Waals surface area contributed by atoms with Crippen LogP contribution in [0.2, 0.25) is 0 Å². The number of rotatable bonds is 7. The van der Waals surface area contributed by atoms with Gasteiger partial charge in [0.05, 0.1) is 17.1 Å². The van der Waals surface area contributed by atoms with E-state index in [0.717, 1.165) is 32.6 Å². The summed E-state index contributed by atoms with van der Waals surface area (Å²) < 4.78 is 20.2. The molecule has 1 heterocycles. The normalized spacial score (nSPS) is 43.3. The molecule has 1 aromatic rings. The van der Waals surface area contributed by atoms with Gasteiger partial charge in [-0.1, -0.05) is 65.0 Å². The molecule has 5 fully saturated rings. The monoisotopic (exact) mass is 692 g/mol. The third kappa shape index (κ3) is 5.54. The van der Waals surface area contributed by atoms with Crippen LogP contribution < -0.4 is 5.32 Å². The largest absolute Gasteiger partial charge is 0.478 e. The van der Waals surface area contributed by atoms with Gasteiger partial charge in [-0.25, -0.2) is 4.79 Å². The number of carbonyl (C=O) groups is 1. The summed E-state index contributed by atoms with van der Waals surface area (Å²) in [5, 5.41) is 13.7. The van der Waals surface area contributed by atoms with Crippen molar-refractivity contribution in [1.29, 1.82) is 0 Å². The summed E-state index contributed by atoms with van der Waals surface area (Å²) in [5.41, 5.74) is 5.33. The molecule has 7 heteroatoms. The van der Waals surface area contributed by atoms with Gasteiger partial charge in [-0.2, -0.15) is 10.6 Å². The van der Waals surface area contributed by atoms with Crippen LogP contribution in [0.25, 0.3) is 5.57 Å². The molecule has 5 aliphatic carbocycles. The van der Waals surface area contributed by atoms with Crippen LogP contribution >= 0.6 is 10.6 Å². The van der Waals surface area contributed by atoms with Gasteiger partial charge in [-0.05, 0) is 139 Å². The number of hydrogen-bond donors (Lipinski definition) is 4. The van der Waals surface area contributed by atoms with E-state index in [-0.39, 0.29) is 21.8 Å². The smallest absolute Gasteiger partial charge is 0.335 e. The van der Waals surface area contributed by atoms with Crippen LogP contribution in [0.3, 0.4) is 0 Å². The average molecular weight is 693 g/mol. The number of aromatic carboxylic acids is 1. The fourth-order valence-electron chi connectivity index (χ4n) is 13.8. The van der Waals surface area contributed by atoms with Crippen LogP contribution in [0, 0.1) is 51.2 Å². The number of carboxylic acids is 1. The van der Waals surface area contributed by atoms with E-state index in [9.17, 15) is 19.0 Å². The lowest BCUT2D eigenvalue weighted by Crippen LogP contribution is -2.68. The molecular formula is C42H64N2O4S. The Hall–Kier alpha value is -1.64. The average Bonchev–Trinajstić information content (AvgIpc) is 3.42. The summed E-state index contributed by atoms with van der Waals surface area (Å²) in [7, 11) is -2.36. The topological polar surface area (TPSA) is 93.0 Å². The summed E-state index contributed by atoms with van der Waals surface area (Å²) in [6, 6.07) is 7.60. The van der Waals surface area contributed by atoms with E-state index in [4.69, 9.17) is 0 Å². The summed E-state index contributed by atoms with van der Waals surface area (Å²) in [6.45, 7) is 23.4. The highest BCUT2D eigenvalue weighted by molar-refractivity contribution is 8.24. The number of hydrogen-bond acceptors (Lipinski definition) is 5.